The predicted molar refractivity (Wildman–Crippen MR) is 106 cm³/mol. The van der Waals surface area contributed by atoms with Crippen molar-refractivity contribution in [3.8, 4) is 11.8 Å². The van der Waals surface area contributed by atoms with Gasteiger partial charge in [0.1, 0.15) is 0 Å². The second-order valence-electron chi connectivity index (χ2n) is 8.76. The molecule has 0 aromatic carbocycles. The van der Waals surface area contributed by atoms with Crippen molar-refractivity contribution < 1.29 is 13.2 Å². The number of halogens is 3. The summed E-state index contributed by atoms with van der Waals surface area (Å²) in [6.45, 7) is 2.27. The summed E-state index contributed by atoms with van der Waals surface area (Å²) in [5, 5.41) is 0. The lowest BCUT2D eigenvalue weighted by molar-refractivity contribution is 0.153. The minimum absolute atomic E-state index is 0.151. The van der Waals surface area contributed by atoms with Crippen molar-refractivity contribution in [3.63, 3.8) is 0 Å². The zero-order valence-electron chi connectivity index (χ0n) is 17.0. The largest absolute Gasteiger partial charge is 0.251 e. The molecule has 1 heterocycles. The predicted octanol–water partition coefficient (Wildman–Crippen LogP) is 7.04. The summed E-state index contributed by atoms with van der Waals surface area (Å²) in [5.74, 6) is 4.98. The van der Waals surface area contributed by atoms with E-state index in [0.717, 1.165) is 36.7 Å². The van der Waals surface area contributed by atoms with Crippen molar-refractivity contribution in [1.82, 2.24) is 4.98 Å². The van der Waals surface area contributed by atoms with Gasteiger partial charge in [0.05, 0.1) is 5.56 Å². The van der Waals surface area contributed by atoms with E-state index in [1.54, 1.807) is 0 Å². The lowest BCUT2D eigenvalue weighted by atomic mass is 9.69. The summed E-state index contributed by atoms with van der Waals surface area (Å²) in [6, 6.07) is 0.801. The third-order valence-corrected chi connectivity index (χ3v) is 6.84. The number of pyridine rings is 1. The van der Waals surface area contributed by atoms with Crippen LogP contribution in [0.15, 0.2) is 6.07 Å². The molecule has 1 aromatic heterocycles. The Morgan fingerprint density at radius 1 is 0.893 bits per heavy atom. The molecular weight excluding hydrogens is 359 g/mol. The Morgan fingerprint density at radius 3 is 2.18 bits per heavy atom. The van der Waals surface area contributed by atoms with Gasteiger partial charge < -0.3 is 0 Å². The smallest absolute Gasteiger partial charge is 0.202 e. The minimum atomic E-state index is -1.41. The third-order valence-electron chi connectivity index (χ3n) is 6.84. The van der Waals surface area contributed by atoms with Crippen molar-refractivity contribution in [3.05, 3.63) is 29.3 Å². The summed E-state index contributed by atoms with van der Waals surface area (Å²) >= 11 is 0. The van der Waals surface area contributed by atoms with Crippen molar-refractivity contribution >= 4 is 0 Å². The van der Waals surface area contributed by atoms with Crippen LogP contribution in [0.4, 0.5) is 13.2 Å². The maximum Gasteiger partial charge on any atom is 0.251 e. The summed E-state index contributed by atoms with van der Waals surface area (Å²) < 4.78 is 39.7. The summed E-state index contributed by atoms with van der Waals surface area (Å²) in [6.07, 6.45) is 15.4. The van der Waals surface area contributed by atoms with Crippen LogP contribution in [0.2, 0.25) is 0 Å². The standard InChI is InChI=1S/C24H32F3N/c1-2-3-4-5-17-6-11-19(12-7-17)20-13-8-18(9-14-20)10-15-21-16-22(25)24(27)28-23(21)26/h16-20H,2-9,11-14H2,1H3. The first-order chi connectivity index (χ1) is 13.6. The summed E-state index contributed by atoms with van der Waals surface area (Å²) in [7, 11) is 0. The van der Waals surface area contributed by atoms with Gasteiger partial charge in [-0.25, -0.2) is 4.39 Å². The first-order valence-corrected chi connectivity index (χ1v) is 11.1. The van der Waals surface area contributed by atoms with Gasteiger partial charge in [0.15, 0.2) is 5.82 Å². The molecule has 1 nitrogen and oxygen atoms in total. The number of hydrogen-bond acceptors (Lipinski definition) is 1. The number of rotatable bonds is 5. The van der Waals surface area contributed by atoms with E-state index in [4.69, 9.17) is 0 Å². The van der Waals surface area contributed by atoms with Crippen LogP contribution in [0.25, 0.3) is 0 Å². The molecule has 0 bridgehead atoms. The zero-order chi connectivity index (χ0) is 19.9. The Kier molecular flexibility index (Phi) is 7.82. The molecule has 2 aliphatic rings. The summed E-state index contributed by atoms with van der Waals surface area (Å²) in [4.78, 5) is 2.93. The monoisotopic (exact) mass is 391 g/mol. The van der Waals surface area contributed by atoms with Crippen LogP contribution >= 0.6 is 0 Å². The van der Waals surface area contributed by atoms with Gasteiger partial charge in [-0.15, -0.1) is 0 Å². The van der Waals surface area contributed by atoms with Gasteiger partial charge in [0.2, 0.25) is 5.95 Å². The highest BCUT2D eigenvalue weighted by Crippen LogP contribution is 2.42. The van der Waals surface area contributed by atoms with Gasteiger partial charge in [0.25, 0.3) is 5.95 Å². The Labute approximate surface area is 167 Å². The van der Waals surface area contributed by atoms with Crippen LogP contribution in [0.1, 0.15) is 89.5 Å². The maximum absolute atomic E-state index is 13.6. The highest BCUT2D eigenvalue weighted by atomic mass is 19.2. The lowest BCUT2D eigenvalue weighted by Gasteiger charge is -2.37. The van der Waals surface area contributed by atoms with Crippen molar-refractivity contribution in [2.45, 2.75) is 84.0 Å². The minimum Gasteiger partial charge on any atom is -0.202 e. The average Bonchev–Trinajstić information content (AvgIpc) is 2.71. The third kappa shape index (κ3) is 5.75. The molecule has 1 aromatic rings. The first kappa shape index (κ1) is 21.2. The van der Waals surface area contributed by atoms with Gasteiger partial charge in [-0.1, -0.05) is 57.3 Å². The average molecular weight is 392 g/mol. The zero-order valence-corrected chi connectivity index (χ0v) is 17.0. The van der Waals surface area contributed by atoms with E-state index in [-0.39, 0.29) is 11.5 Å². The van der Waals surface area contributed by atoms with Gasteiger partial charge in [-0.05, 0) is 62.3 Å². The van der Waals surface area contributed by atoms with E-state index in [9.17, 15) is 13.2 Å². The van der Waals surface area contributed by atoms with Crippen LogP contribution in [0, 0.1) is 53.2 Å². The van der Waals surface area contributed by atoms with E-state index in [1.165, 1.54) is 64.2 Å². The lowest BCUT2D eigenvalue weighted by Crippen LogP contribution is -2.25. The van der Waals surface area contributed by atoms with Crippen LogP contribution in [0.3, 0.4) is 0 Å². The number of aromatic nitrogens is 1. The Balaban J connectivity index is 1.44. The molecule has 0 saturated heterocycles. The maximum atomic E-state index is 13.6. The van der Waals surface area contributed by atoms with Crippen LogP contribution in [-0.4, -0.2) is 4.98 Å². The molecule has 0 unspecified atom stereocenters. The highest BCUT2D eigenvalue weighted by molar-refractivity contribution is 5.33. The molecule has 0 N–H and O–H groups in total. The molecule has 154 valence electrons. The highest BCUT2D eigenvalue weighted by Gasteiger charge is 2.30. The quantitative estimate of drug-likeness (QED) is 0.298. The Bertz CT molecular complexity index is 690. The van der Waals surface area contributed by atoms with Gasteiger partial charge in [0, 0.05) is 5.92 Å². The Morgan fingerprint density at radius 2 is 1.54 bits per heavy atom. The summed E-state index contributed by atoms with van der Waals surface area (Å²) in [5.41, 5.74) is -0.151. The van der Waals surface area contributed by atoms with Crippen LogP contribution < -0.4 is 0 Å². The van der Waals surface area contributed by atoms with Crippen molar-refractivity contribution in [2.75, 3.05) is 0 Å². The Hall–Kier alpha value is -1.50. The fourth-order valence-corrected chi connectivity index (χ4v) is 5.08. The van der Waals surface area contributed by atoms with Gasteiger partial charge in [-0.3, -0.25) is 0 Å². The van der Waals surface area contributed by atoms with Crippen molar-refractivity contribution in [1.29, 1.82) is 0 Å². The molecule has 3 rings (SSSR count). The topological polar surface area (TPSA) is 12.9 Å². The molecule has 2 fully saturated rings. The number of hydrogen-bond donors (Lipinski definition) is 0. The van der Waals surface area contributed by atoms with Crippen molar-refractivity contribution in [2.24, 2.45) is 23.7 Å². The van der Waals surface area contributed by atoms with Crippen LogP contribution in [-0.2, 0) is 0 Å². The molecule has 0 aliphatic heterocycles. The fraction of sp³-hybridized carbons (Fsp3) is 0.708. The SMILES string of the molecule is CCCCCC1CCC(C2CCC(C#Cc3cc(F)c(F)nc3F)CC2)CC1. The molecular formula is C24H32F3N. The second-order valence-corrected chi connectivity index (χ2v) is 8.76. The van der Waals surface area contributed by atoms with E-state index >= 15 is 0 Å². The molecule has 2 saturated carbocycles. The van der Waals surface area contributed by atoms with E-state index in [1.807, 2.05) is 0 Å². The van der Waals surface area contributed by atoms with Crippen LogP contribution in [0.5, 0.6) is 0 Å². The molecule has 0 radical (unpaired) electrons. The second kappa shape index (κ2) is 10.3. The fourth-order valence-electron chi connectivity index (χ4n) is 5.08. The normalized spacial score (nSPS) is 27.9. The molecule has 4 heteroatoms. The molecule has 0 atom stereocenters. The first-order valence-electron chi connectivity index (χ1n) is 11.1. The van der Waals surface area contributed by atoms with E-state index in [0.29, 0.717) is 0 Å². The number of unbranched alkanes of at least 4 members (excludes halogenated alkanes) is 2. The van der Waals surface area contributed by atoms with E-state index < -0.39 is 17.7 Å². The molecule has 2 aliphatic carbocycles. The van der Waals surface area contributed by atoms with Gasteiger partial charge >= 0.3 is 0 Å². The van der Waals surface area contributed by atoms with E-state index in [2.05, 4.69) is 23.7 Å². The van der Waals surface area contributed by atoms with Gasteiger partial charge in [-0.2, -0.15) is 13.8 Å². The molecule has 0 spiro atoms. The molecule has 0 amide bonds. The number of nitrogens with zero attached hydrogens (tertiary/aromatic N) is 1. The molecule has 28 heavy (non-hydrogen) atoms.